The van der Waals surface area contributed by atoms with Crippen molar-refractivity contribution in [2.24, 2.45) is 0 Å². The van der Waals surface area contributed by atoms with Gasteiger partial charge in [-0.05, 0) is 35.4 Å². The molecular weight excluding hydrogens is 288 g/mol. The molecule has 2 heterocycles. The molecular formula is C17H16N6. The zero-order valence-corrected chi connectivity index (χ0v) is 12.7. The summed E-state index contributed by atoms with van der Waals surface area (Å²) >= 11 is 0. The SMILES string of the molecule is CCCc1ccc(-c2n[nH]c3ccc(-c4nn[nH]n4)cc23)cc1. The fourth-order valence-electron chi connectivity index (χ4n) is 2.78. The third-order valence-corrected chi connectivity index (χ3v) is 3.93. The first kappa shape index (κ1) is 13.6. The number of benzene rings is 2. The predicted octanol–water partition coefficient (Wildman–Crippen LogP) is 3.36. The Balaban J connectivity index is 1.79. The first-order chi connectivity index (χ1) is 11.3. The molecule has 0 fully saturated rings. The van der Waals surface area contributed by atoms with Gasteiger partial charge in [0.2, 0.25) is 5.82 Å². The van der Waals surface area contributed by atoms with Gasteiger partial charge in [0.15, 0.2) is 0 Å². The number of aryl methyl sites for hydroxylation is 1. The van der Waals surface area contributed by atoms with E-state index in [9.17, 15) is 0 Å². The van der Waals surface area contributed by atoms with Crippen LogP contribution in [0.5, 0.6) is 0 Å². The minimum Gasteiger partial charge on any atom is -0.277 e. The first-order valence-corrected chi connectivity index (χ1v) is 7.66. The fraction of sp³-hybridized carbons (Fsp3) is 0.176. The minimum absolute atomic E-state index is 0.581. The highest BCUT2D eigenvalue weighted by molar-refractivity contribution is 5.95. The van der Waals surface area contributed by atoms with Gasteiger partial charge in [-0.3, -0.25) is 5.10 Å². The van der Waals surface area contributed by atoms with E-state index < -0.39 is 0 Å². The first-order valence-electron chi connectivity index (χ1n) is 7.66. The van der Waals surface area contributed by atoms with Gasteiger partial charge in [0, 0.05) is 16.5 Å². The molecule has 0 aliphatic rings. The normalized spacial score (nSPS) is 11.2. The lowest BCUT2D eigenvalue weighted by Crippen LogP contribution is -1.85. The predicted molar refractivity (Wildman–Crippen MR) is 88.7 cm³/mol. The molecule has 0 spiro atoms. The molecule has 0 radical (unpaired) electrons. The molecule has 0 aliphatic heterocycles. The Morgan fingerprint density at radius 1 is 0.957 bits per heavy atom. The van der Waals surface area contributed by atoms with E-state index in [0.29, 0.717) is 5.82 Å². The summed E-state index contributed by atoms with van der Waals surface area (Å²) in [6.07, 6.45) is 2.25. The molecule has 2 N–H and O–H groups in total. The van der Waals surface area contributed by atoms with Crippen molar-refractivity contribution in [1.82, 2.24) is 30.8 Å². The topological polar surface area (TPSA) is 83.1 Å². The van der Waals surface area contributed by atoms with Crippen LogP contribution in [0.1, 0.15) is 18.9 Å². The highest BCUT2D eigenvalue weighted by Gasteiger charge is 2.11. The molecule has 0 atom stereocenters. The summed E-state index contributed by atoms with van der Waals surface area (Å²) in [4.78, 5) is 0. The molecule has 4 rings (SSSR count). The van der Waals surface area contributed by atoms with E-state index in [4.69, 9.17) is 0 Å². The van der Waals surface area contributed by atoms with E-state index in [1.807, 2.05) is 18.2 Å². The lowest BCUT2D eigenvalue weighted by atomic mass is 10.0. The molecule has 23 heavy (non-hydrogen) atoms. The van der Waals surface area contributed by atoms with E-state index in [1.165, 1.54) is 5.56 Å². The highest BCUT2D eigenvalue weighted by atomic mass is 15.5. The summed E-state index contributed by atoms with van der Waals surface area (Å²) in [5.74, 6) is 0.581. The Morgan fingerprint density at radius 3 is 2.52 bits per heavy atom. The fourth-order valence-corrected chi connectivity index (χ4v) is 2.78. The Labute approximate surface area is 132 Å². The van der Waals surface area contributed by atoms with Crippen molar-refractivity contribution in [3.05, 3.63) is 48.0 Å². The van der Waals surface area contributed by atoms with Crippen LogP contribution in [-0.4, -0.2) is 30.8 Å². The molecule has 114 valence electrons. The second-order valence-electron chi connectivity index (χ2n) is 5.51. The molecule has 0 bridgehead atoms. The molecule has 0 saturated carbocycles. The third-order valence-electron chi connectivity index (χ3n) is 3.93. The molecule has 6 nitrogen and oxygen atoms in total. The highest BCUT2D eigenvalue weighted by Crippen LogP contribution is 2.29. The van der Waals surface area contributed by atoms with Gasteiger partial charge in [-0.1, -0.05) is 37.6 Å². The Morgan fingerprint density at radius 2 is 1.78 bits per heavy atom. The molecule has 0 aliphatic carbocycles. The van der Waals surface area contributed by atoms with Gasteiger partial charge in [0.05, 0.1) is 11.2 Å². The quantitative estimate of drug-likeness (QED) is 0.605. The molecule has 0 unspecified atom stereocenters. The van der Waals surface area contributed by atoms with Crippen LogP contribution in [0.25, 0.3) is 33.5 Å². The van der Waals surface area contributed by atoms with E-state index >= 15 is 0 Å². The smallest absolute Gasteiger partial charge is 0.204 e. The van der Waals surface area contributed by atoms with E-state index in [-0.39, 0.29) is 0 Å². The Kier molecular flexibility index (Phi) is 3.34. The summed E-state index contributed by atoms with van der Waals surface area (Å²) in [6, 6.07) is 14.6. The second-order valence-corrected chi connectivity index (χ2v) is 5.51. The summed E-state index contributed by atoms with van der Waals surface area (Å²) in [7, 11) is 0. The lowest BCUT2D eigenvalue weighted by molar-refractivity contribution is 0.881. The molecule has 6 heteroatoms. The number of aromatic amines is 2. The molecule has 4 aromatic rings. The average molecular weight is 304 g/mol. The number of hydrogen-bond donors (Lipinski definition) is 2. The van der Waals surface area contributed by atoms with Crippen LogP contribution in [0.3, 0.4) is 0 Å². The van der Waals surface area contributed by atoms with Crippen LogP contribution in [-0.2, 0) is 6.42 Å². The van der Waals surface area contributed by atoms with Crippen molar-refractivity contribution in [2.45, 2.75) is 19.8 Å². The third kappa shape index (κ3) is 2.48. The number of nitrogens with one attached hydrogen (secondary N) is 2. The van der Waals surface area contributed by atoms with Crippen molar-refractivity contribution >= 4 is 10.9 Å². The molecule has 0 amide bonds. The summed E-state index contributed by atoms with van der Waals surface area (Å²) < 4.78 is 0. The van der Waals surface area contributed by atoms with Crippen LogP contribution in [0.2, 0.25) is 0 Å². The van der Waals surface area contributed by atoms with Crippen molar-refractivity contribution < 1.29 is 0 Å². The summed E-state index contributed by atoms with van der Waals surface area (Å²) in [6.45, 7) is 2.19. The maximum absolute atomic E-state index is 4.47. The molecule has 2 aromatic carbocycles. The number of aromatic nitrogens is 6. The maximum atomic E-state index is 4.47. The summed E-state index contributed by atoms with van der Waals surface area (Å²) in [5.41, 5.74) is 5.29. The maximum Gasteiger partial charge on any atom is 0.204 e. The van der Waals surface area contributed by atoms with Gasteiger partial charge in [0.25, 0.3) is 0 Å². The van der Waals surface area contributed by atoms with Crippen LogP contribution >= 0.6 is 0 Å². The zero-order chi connectivity index (χ0) is 15.6. The van der Waals surface area contributed by atoms with Crippen molar-refractivity contribution in [3.63, 3.8) is 0 Å². The van der Waals surface area contributed by atoms with Gasteiger partial charge in [-0.25, -0.2) is 0 Å². The van der Waals surface area contributed by atoms with Crippen LogP contribution in [0.4, 0.5) is 0 Å². The largest absolute Gasteiger partial charge is 0.277 e. The van der Waals surface area contributed by atoms with E-state index in [0.717, 1.165) is 40.6 Å². The number of nitrogens with zero attached hydrogens (tertiary/aromatic N) is 4. The van der Waals surface area contributed by atoms with Gasteiger partial charge in [-0.15, -0.1) is 10.2 Å². The van der Waals surface area contributed by atoms with Crippen LogP contribution in [0.15, 0.2) is 42.5 Å². The van der Waals surface area contributed by atoms with Crippen molar-refractivity contribution in [3.8, 4) is 22.6 Å². The molecule has 0 saturated heterocycles. The van der Waals surface area contributed by atoms with Crippen LogP contribution < -0.4 is 0 Å². The standard InChI is InChI=1S/C17H16N6/c1-2-3-11-4-6-12(7-5-11)16-14-10-13(17-20-22-23-21-17)8-9-15(14)18-19-16/h4-10H,2-3H2,1H3,(H,18,19)(H,20,21,22,23). The minimum atomic E-state index is 0.581. The second kappa shape index (κ2) is 5.64. The number of fused-ring (bicyclic) bond motifs is 1. The zero-order valence-electron chi connectivity index (χ0n) is 12.7. The molecule has 2 aromatic heterocycles. The number of tetrazole rings is 1. The van der Waals surface area contributed by atoms with E-state index in [1.54, 1.807) is 0 Å². The van der Waals surface area contributed by atoms with Crippen molar-refractivity contribution in [1.29, 1.82) is 0 Å². The van der Waals surface area contributed by atoms with Gasteiger partial charge in [0.1, 0.15) is 0 Å². The Hall–Kier alpha value is -3.02. The number of H-pyrrole nitrogens is 2. The average Bonchev–Trinajstić information content (AvgIpc) is 3.25. The summed E-state index contributed by atoms with van der Waals surface area (Å²) in [5, 5.41) is 22.8. The number of hydrogen-bond acceptors (Lipinski definition) is 4. The number of rotatable bonds is 4. The van der Waals surface area contributed by atoms with Gasteiger partial charge in [-0.2, -0.15) is 10.3 Å². The lowest BCUT2D eigenvalue weighted by Gasteiger charge is -2.02. The van der Waals surface area contributed by atoms with Crippen LogP contribution in [0, 0.1) is 0 Å². The Bertz CT molecular complexity index is 922. The van der Waals surface area contributed by atoms with E-state index in [2.05, 4.69) is 62.0 Å². The van der Waals surface area contributed by atoms with Gasteiger partial charge < -0.3 is 0 Å². The van der Waals surface area contributed by atoms with Gasteiger partial charge >= 0.3 is 0 Å². The van der Waals surface area contributed by atoms with Crippen molar-refractivity contribution in [2.75, 3.05) is 0 Å². The monoisotopic (exact) mass is 304 g/mol.